The molecule has 1 N–H and O–H groups in total. The zero-order valence-corrected chi connectivity index (χ0v) is 18.0. The number of nitrogens with zero attached hydrogens (tertiary/aromatic N) is 2. The SMILES string of the molecule is COc1ccc(Cl)cc1NC(=O)[C@H](C)Sc1nc(-c2ccccc2)cc(C(F)(F)F)n1. The Morgan fingerprint density at radius 2 is 1.84 bits per heavy atom. The van der Waals surface area contributed by atoms with Crippen molar-refractivity contribution >= 4 is 35.0 Å². The van der Waals surface area contributed by atoms with E-state index in [1.54, 1.807) is 49.4 Å². The first-order valence-electron chi connectivity index (χ1n) is 9.00. The van der Waals surface area contributed by atoms with Crippen LogP contribution in [0.5, 0.6) is 5.75 Å². The predicted octanol–water partition coefficient (Wildman–Crippen LogP) is 5.94. The van der Waals surface area contributed by atoms with Gasteiger partial charge in [0.2, 0.25) is 5.91 Å². The smallest absolute Gasteiger partial charge is 0.433 e. The number of hydrogen-bond acceptors (Lipinski definition) is 5. The highest BCUT2D eigenvalue weighted by Crippen LogP contribution is 2.33. The van der Waals surface area contributed by atoms with Gasteiger partial charge in [0, 0.05) is 10.6 Å². The lowest BCUT2D eigenvalue weighted by Gasteiger charge is -2.15. The number of carbonyl (C=O) groups excluding carboxylic acids is 1. The number of hydrogen-bond donors (Lipinski definition) is 1. The third-order valence-corrected chi connectivity index (χ3v) is 5.33. The number of halogens is 4. The first-order valence-corrected chi connectivity index (χ1v) is 10.3. The Morgan fingerprint density at radius 1 is 1.13 bits per heavy atom. The molecule has 1 amide bonds. The summed E-state index contributed by atoms with van der Waals surface area (Å²) < 4.78 is 45.3. The van der Waals surface area contributed by atoms with Gasteiger partial charge in [0.25, 0.3) is 0 Å². The number of amides is 1. The zero-order chi connectivity index (χ0) is 22.6. The maximum absolute atomic E-state index is 13.4. The number of rotatable bonds is 6. The molecule has 162 valence electrons. The van der Waals surface area contributed by atoms with Crippen molar-refractivity contribution < 1.29 is 22.7 Å². The van der Waals surface area contributed by atoms with Gasteiger partial charge in [-0.25, -0.2) is 9.97 Å². The number of thioether (sulfide) groups is 1. The Bertz CT molecular complexity index is 1080. The number of aromatic nitrogens is 2. The number of methoxy groups -OCH3 is 1. The van der Waals surface area contributed by atoms with Crippen LogP contribution in [-0.2, 0) is 11.0 Å². The number of anilines is 1. The summed E-state index contributed by atoms with van der Waals surface area (Å²) in [5.41, 5.74) is -0.0945. The van der Waals surface area contributed by atoms with Gasteiger partial charge in [-0.05, 0) is 31.2 Å². The molecule has 0 saturated carbocycles. The number of nitrogens with one attached hydrogen (secondary N) is 1. The Labute approximate surface area is 186 Å². The Morgan fingerprint density at radius 3 is 2.48 bits per heavy atom. The van der Waals surface area contributed by atoms with E-state index in [-0.39, 0.29) is 10.9 Å². The standard InChI is InChI=1S/C21H17ClF3N3O2S/c1-12(19(29)26-16-10-14(22)8-9-17(16)30-2)31-20-27-15(13-6-4-3-5-7-13)11-18(28-20)21(23,24)25/h3-12H,1-2H3,(H,26,29)/t12-/m0/s1. The summed E-state index contributed by atoms with van der Waals surface area (Å²) in [4.78, 5) is 20.5. The largest absolute Gasteiger partial charge is 0.495 e. The van der Waals surface area contributed by atoms with Crippen molar-refractivity contribution in [1.29, 1.82) is 0 Å². The molecule has 10 heteroatoms. The molecule has 0 radical (unpaired) electrons. The molecule has 1 aromatic heterocycles. The van der Waals surface area contributed by atoms with Gasteiger partial charge in [-0.2, -0.15) is 13.2 Å². The molecular formula is C21H17ClF3N3O2S. The molecule has 0 saturated heterocycles. The molecule has 0 aliphatic rings. The van der Waals surface area contributed by atoms with E-state index in [0.29, 0.717) is 22.0 Å². The van der Waals surface area contributed by atoms with Gasteiger partial charge in [0.05, 0.1) is 23.7 Å². The van der Waals surface area contributed by atoms with Crippen LogP contribution in [0.4, 0.5) is 18.9 Å². The summed E-state index contributed by atoms with van der Waals surface area (Å²) in [6, 6.07) is 14.1. The monoisotopic (exact) mass is 467 g/mol. The fourth-order valence-corrected chi connectivity index (χ4v) is 3.56. The average molecular weight is 468 g/mol. The summed E-state index contributed by atoms with van der Waals surface area (Å²) in [5, 5.41) is 2.11. The van der Waals surface area contributed by atoms with Crippen molar-refractivity contribution in [3.8, 4) is 17.0 Å². The van der Waals surface area contributed by atoms with Crippen molar-refractivity contribution in [2.75, 3.05) is 12.4 Å². The quantitative estimate of drug-likeness (QED) is 0.359. The van der Waals surface area contributed by atoms with E-state index in [9.17, 15) is 18.0 Å². The number of alkyl halides is 3. The lowest BCUT2D eigenvalue weighted by molar-refractivity contribution is -0.141. The minimum atomic E-state index is -4.65. The van der Waals surface area contributed by atoms with Crippen molar-refractivity contribution in [2.24, 2.45) is 0 Å². The molecule has 2 aromatic carbocycles. The molecular weight excluding hydrogens is 451 g/mol. The number of ether oxygens (including phenoxy) is 1. The van der Waals surface area contributed by atoms with Gasteiger partial charge in [-0.15, -0.1) is 0 Å². The summed E-state index contributed by atoms with van der Waals surface area (Å²) in [7, 11) is 1.44. The predicted molar refractivity (Wildman–Crippen MR) is 114 cm³/mol. The molecule has 1 heterocycles. The van der Waals surface area contributed by atoms with Crippen LogP contribution in [-0.4, -0.2) is 28.2 Å². The zero-order valence-electron chi connectivity index (χ0n) is 16.4. The second-order valence-corrected chi connectivity index (χ2v) is 8.12. The normalized spacial score (nSPS) is 12.3. The van der Waals surface area contributed by atoms with Gasteiger partial charge >= 0.3 is 6.18 Å². The Kier molecular flexibility index (Phi) is 7.07. The first kappa shape index (κ1) is 22.9. The highest BCUT2D eigenvalue weighted by molar-refractivity contribution is 8.00. The second kappa shape index (κ2) is 9.57. The Balaban J connectivity index is 1.86. The van der Waals surface area contributed by atoms with Crippen molar-refractivity contribution in [1.82, 2.24) is 9.97 Å². The first-order chi connectivity index (χ1) is 14.7. The summed E-state index contributed by atoms with van der Waals surface area (Å²) in [5.74, 6) is -0.0653. The van der Waals surface area contributed by atoms with Gasteiger partial charge in [0.1, 0.15) is 11.4 Å². The second-order valence-electron chi connectivity index (χ2n) is 6.38. The molecule has 1 atom stereocenters. The fourth-order valence-electron chi connectivity index (χ4n) is 2.60. The lowest BCUT2D eigenvalue weighted by atomic mass is 10.1. The van der Waals surface area contributed by atoms with Crippen LogP contribution in [0.2, 0.25) is 5.02 Å². The van der Waals surface area contributed by atoms with Crippen LogP contribution in [0.15, 0.2) is 59.8 Å². The van der Waals surface area contributed by atoms with Crippen LogP contribution >= 0.6 is 23.4 Å². The maximum Gasteiger partial charge on any atom is 0.433 e. The third kappa shape index (κ3) is 5.89. The highest BCUT2D eigenvalue weighted by atomic mass is 35.5. The van der Waals surface area contributed by atoms with Crippen LogP contribution in [0, 0.1) is 0 Å². The van der Waals surface area contributed by atoms with Gasteiger partial charge in [-0.3, -0.25) is 4.79 Å². The van der Waals surface area contributed by atoms with E-state index in [1.807, 2.05) is 0 Å². The molecule has 3 rings (SSSR count). The minimum Gasteiger partial charge on any atom is -0.495 e. The molecule has 0 aliphatic heterocycles. The molecule has 0 fully saturated rings. The van der Waals surface area contributed by atoms with Crippen LogP contribution < -0.4 is 10.1 Å². The number of benzene rings is 2. The molecule has 31 heavy (non-hydrogen) atoms. The van der Waals surface area contributed by atoms with Gasteiger partial charge in [0.15, 0.2) is 5.16 Å². The minimum absolute atomic E-state index is 0.120. The molecule has 0 spiro atoms. The maximum atomic E-state index is 13.4. The molecule has 0 unspecified atom stereocenters. The summed E-state index contributed by atoms with van der Waals surface area (Å²) in [6.45, 7) is 1.54. The molecule has 3 aromatic rings. The van der Waals surface area contributed by atoms with E-state index in [0.717, 1.165) is 17.8 Å². The Hall–Kier alpha value is -2.78. The van der Waals surface area contributed by atoms with Crippen molar-refractivity contribution in [3.63, 3.8) is 0 Å². The molecule has 0 bridgehead atoms. The molecule has 0 aliphatic carbocycles. The summed E-state index contributed by atoms with van der Waals surface area (Å²) in [6.07, 6.45) is -4.65. The van der Waals surface area contributed by atoms with Gasteiger partial charge < -0.3 is 10.1 Å². The van der Waals surface area contributed by atoms with Crippen LogP contribution in [0.25, 0.3) is 11.3 Å². The van der Waals surface area contributed by atoms with Crippen molar-refractivity contribution in [2.45, 2.75) is 23.5 Å². The van der Waals surface area contributed by atoms with E-state index in [1.165, 1.54) is 13.2 Å². The molecule has 5 nitrogen and oxygen atoms in total. The number of carbonyl (C=O) groups is 1. The van der Waals surface area contributed by atoms with Gasteiger partial charge in [-0.1, -0.05) is 53.7 Å². The highest BCUT2D eigenvalue weighted by Gasteiger charge is 2.34. The van der Waals surface area contributed by atoms with E-state index < -0.39 is 23.0 Å². The van der Waals surface area contributed by atoms with E-state index >= 15 is 0 Å². The van der Waals surface area contributed by atoms with E-state index in [2.05, 4.69) is 15.3 Å². The van der Waals surface area contributed by atoms with Crippen LogP contribution in [0.3, 0.4) is 0 Å². The van der Waals surface area contributed by atoms with Crippen molar-refractivity contribution in [3.05, 3.63) is 65.3 Å². The third-order valence-electron chi connectivity index (χ3n) is 4.14. The average Bonchev–Trinajstić information content (AvgIpc) is 2.73. The van der Waals surface area contributed by atoms with Crippen LogP contribution in [0.1, 0.15) is 12.6 Å². The van der Waals surface area contributed by atoms with E-state index in [4.69, 9.17) is 16.3 Å². The topological polar surface area (TPSA) is 64.1 Å². The fraction of sp³-hybridized carbons (Fsp3) is 0.190. The summed E-state index contributed by atoms with van der Waals surface area (Å²) >= 11 is 6.78. The lowest BCUT2D eigenvalue weighted by Crippen LogP contribution is -2.23.